The van der Waals surface area contributed by atoms with Gasteiger partial charge in [-0.15, -0.1) is 11.8 Å². The Kier molecular flexibility index (Phi) is 7.29. The summed E-state index contributed by atoms with van der Waals surface area (Å²) in [5.74, 6) is -1.04. The molecule has 0 saturated carbocycles. The Balaban J connectivity index is 1.98. The molecule has 0 aliphatic carbocycles. The lowest BCUT2D eigenvalue weighted by molar-refractivity contribution is -0.119. The average Bonchev–Trinajstić information content (AvgIpc) is 2.81. The Bertz CT molecular complexity index is 908. The van der Waals surface area contributed by atoms with Gasteiger partial charge in [-0.25, -0.2) is 4.39 Å². The summed E-state index contributed by atoms with van der Waals surface area (Å²) in [6.07, 6.45) is 0.762. The Morgan fingerprint density at radius 3 is 2.76 bits per heavy atom. The van der Waals surface area contributed by atoms with Crippen LogP contribution in [0.3, 0.4) is 0 Å². The van der Waals surface area contributed by atoms with Gasteiger partial charge < -0.3 is 15.4 Å². The average molecular weight is 437 g/mol. The topological polar surface area (TPSA) is 72.6 Å². The van der Waals surface area contributed by atoms with Gasteiger partial charge in [0.1, 0.15) is 12.4 Å². The highest BCUT2D eigenvalue weighted by molar-refractivity contribution is 7.99. The number of anilines is 1. The zero-order valence-corrected chi connectivity index (χ0v) is 17.6. The zero-order valence-electron chi connectivity index (χ0n) is 16.0. The van der Waals surface area contributed by atoms with Crippen LogP contribution >= 0.6 is 23.4 Å². The fraction of sp³-hybridized carbons (Fsp3) is 0.333. The van der Waals surface area contributed by atoms with Crippen LogP contribution in [0.25, 0.3) is 0 Å². The monoisotopic (exact) mass is 436 g/mol. The number of hydrogen-bond donors (Lipinski definition) is 1. The van der Waals surface area contributed by atoms with Crippen molar-refractivity contribution in [2.45, 2.75) is 30.8 Å². The summed E-state index contributed by atoms with van der Waals surface area (Å²) < 4.78 is 19.9. The van der Waals surface area contributed by atoms with E-state index in [0.29, 0.717) is 28.0 Å². The molecule has 1 aliphatic heterocycles. The van der Waals surface area contributed by atoms with Gasteiger partial charge in [-0.1, -0.05) is 30.7 Å². The molecule has 8 heteroatoms. The number of rotatable bonds is 7. The summed E-state index contributed by atoms with van der Waals surface area (Å²) >= 11 is 7.25. The van der Waals surface area contributed by atoms with E-state index in [1.165, 1.54) is 28.8 Å². The Morgan fingerprint density at radius 1 is 1.34 bits per heavy atom. The number of nitrogens with two attached hydrogens (primary N) is 1. The highest BCUT2D eigenvalue weighted by atomic mass is 35.5. The second-order valence-corrected chi connectivity index (χ2v) is 8.24. The van der Waals surface area contributed by atoms with Crippen LogP contribution in [-0.2, 0) is 16.1 Å². The molecule has 0 aromatic heterocycles. The third kappa shape index (κ3) is 5.17. The van der Waals surface area contributed by atoms with Crippen molar-refractivity contribution < 1.29 is 18.7 Å². The van der Waals surface area contributed by atoms with E-state index < -0.39 is 17.6 Å². The van der Waals surface area contributed by atoms with Crippen molar-refractivity contribution >= 4 is 40.7 Å². The Hall–Kier alpha value is -1.93. The van der Waals surface area contributed by atoms with E-state index in [4.69, 9.17) is 22.1 Å². The predicted octanol–water partition coefficient (Wildman–Crippen LogP) is 4.05. The van der Waals surface area contributed by atoms with Crippen molar-refractivity contribution in [3.63, 3.8) is 0 Å². The first kappa shape index (κ1) is 21.8. The number of nitrogens with zero attached hydrogens (tertiary/aromatic N) is 1. The van der Waals surface area contributed by atoms with Crippen LogP contribution in [0.1, 0.15) is 29.3 Å². The number of Topliss-reactive ketones (excluding diaryl/α,β-unsaturated/α-hetero) is 1. The molecular weight excluding hydrogens is 415 g/mol. The minimum absolute atomic E-state index is 0.0927. The smallest absolute Gasteiger partial charge is 0.245 e. The van der Waals surface area contributed by atoms with E-state index in [9.17, 15) is 14.0 Å². The Morgan fingerprint density at radius 2 is 2.07 bits per heavy atom. The van der Waals surface area contributed by atoms with Crippen LogP contribution in [0.2, 0.25) is 5.02 Å². The summed E-state index contributed by atoms with van der Waals surface area (Å²) in [7, 11) is 0. The number of halogens is 2. The van der Waals surface area contributed by atoms with E-state index in [1.807, 2.05) is 19.1 Å². The summed E-state index contributed by atoms with van der Waals surface area (Å²) in [5.41, 5.74) is 7.26. The van der Waals surface area contributed by atoms with Gasteiger partial charge in [0.15, 0.2) is 5.78 Å². The number of thioether (sulfide) groups is 1. The highest BCUT2D eigenvalue weighted by Gasteiger charge is 2.30. The van der Waals surface area contributed by atoms with Crippen LogP contribution in [0.4, 0.5) is 10.1 Å². The summed E-state index contributed by atoms with van der Waals surface area (Å²) in [6, 6.07) is 9.10. The molecule has 0 radical (unpaired) electrons. The number of ketones is 1. The maximum Gasteiger partial charge on any atom is 0.245 e. The standard InChI is InChI=1S/C21H22ClFN2O3S/c1-2-7-28-11-19(26)15-8-18-20(9-16(15)23)29-12-17(24)21(27)25(18)10-13-3-5-14(22)6-4-13/h3-6,8-9,17H,2,7,10-12,24H2,1H3/t17-/m0/s1. The largest absolute Gasteiger partial charge is 0.373 e. The van der Waals surface area contributed by atoms with Gasteiger partial charge >= 0.3 is 0 Å². The molecule has 1 aliphatic rings. The molecule has 1 amide bonds. The number of carbonyl (C=O) groups is 2. The first-order valence-electron chi connectivity index (χ1n) is 9.29. The van der Waals surface area contributed by atoms with E-state index in [1.54, 1.807) is 12.1 Å². The van der Waals surface area contributed by atoms with E-state index in [-0.39, 0.29) is 24.6 Å². The number of benzene rings is 2. The molecule has 1 atom stereocenters. The summed E-state index contributed by atoms with van der Waals surface area (Å²) in [4.78, 5) is 27.4. The minimum atomic E-state index is -0.727. The number of hydrogen-bond acceptors (Lipinski definition) is 5. The molecular formula is C21H22ClFN2O3S. The molecule has 0 bridgehead atoms. The molecule has 29 heavy (non-hydrogen) atoms. The van der Waals surface area contributed by atoms with Crippen LogP contribution in [-0.4, -0.2) is 36.7 Å². The third-order valence-electron chi connectivity index (χ3n) is 4.48. The van der Waals surface area contributed by atoms with Crippen molar-refractivity contribution in [3.05, 3.63) is 58.4 Å². The molecule has 154 valence electrons. The van der Waals surface area contributed by atoms with E-state index >= 15 is 0 Å². The molecule has 0 unspecified atom stereocenters. The fourth-order valence-electron chi connectivity index (χ4n) is 2.98. The third-order valence-corrected chi connectivity index (χ3v) is 5.89. The molecule has 3 rings (SSSR count). The number of ether oxygens (including phenoxy) is 1. The first-order valence-corrected chi connectivity index (χ1v) is 10.7. The normalized spacial score (nSPS) is 16.5. The first-order chi connectivity index (χ1) is 13.9. The van der Waals surface area contributed by atoms with Gasteiger partial charge in [-0.2, -0.15) is 0 Å². The second kappa shape index (κ2) is 9.71. The van der Waals surface area contributed by atoms with Crippen molar-refractivity contribution in [3.8, 4) is 0 Å². The molecule has 2 aromatic rings. The Labute approximate surface area is 178 Å². The predicted molar refractivity (Wildman–Crippen MR) is 113 cm³/mol. The lowest BCUT2D eigenvalue weighted by Gasteiger charge is -2.25. The number of fused-ring (bicyclic) bond motifs is 1. The number of amides is 1. The van der Waals surface area contributed by atoms with Crippen LogP contribution in [0.5, 0.6) is 0 Å². The maximum atomic E-state index is 14.6. The molecule has 1 heterocycles. The van der Waals surface area contributed by atoms with Crippen LogP contribution in [0.15, 0.2) is 41.3 Å². The summed E-state index contributed by atoms with van der Waals surface area (Å²) in [5, 5.41) is 0.589. The maximum absolute atomic E-state index is 14.6. The number of carbonyl (C=O) groups excluding carboxylic acids is 2. The minimum Gasteiger partial charge on any atom is -0.373 e. The van der Waals surface area contributed by atoms with Crippen molar-refractivity contribution in [1.29, 1.82) is 0 Å². The van der Waals surface area contributed by atoms with Crippen LogP contribution in [0, 0.1) is 5.82 Å². The quantitative estimate of drug-likeness (QED) is 0.523. The molecule has 0 saturated heterocycles. The molecule has 0 fully saturated rings. The van der Waals surface area contributed by atoms with E-state index in [0.717, 1.165) is 12.0 Å². The van der Waals surface area contributed by atoms with E-state index in [2.05, 4.69) is 0 Å². The second-order valence-electron chi connectivity index (χ2n) is 6.74. The summed E-state index contributed by atoms with van der Waals surface area (Å²) in [6.45, 7) is 2.38. The van der Waals surface area contributed by atoms with Gasteiger partial charge in [0.25, 0.3) is 0 Å². The van der Waals surface area contributed by atoms with Crippen molar-refractivity contribution in [2.75, 3.05) is 23.9 Å². The van der Waals surface area contributed by atoms with Gasteiger partial charge in [-0.3, -0.25) is 9.59 Å². The SMILES string of the molecule is CCCOCC(=O)c1cc2c(cc1F)SC[C@H](N)C(=O)N2Cc1ccc(Cl)cc1. The van der Waals surface area contributed by atoms with Gasteiger partial charge in [-0.05, 0) is 36.2 Å². The molecule has 5 nitrogen and oxygen atoms in total. The molecule has 2 aromatic carbocycles. The molecule has 2 N–H and O–H groups in total. The lowest BCUT2D eigenvalue weighted by atomic mass is 10.1. The lowest BCUT2D eigenvalue weighted by Crippen LogP contribution is -2.44. The van der Waals surface area contributed by atoms with Crippen molar-refractivity contribution in [2.24, 2.45) is 5.73 Å². The zero-order chi connectivity index (χ0) is 21.0. The van der Waals surface area contributed by atoms with Crippen LogP contribution < -0.4 is 10.6 Å². The highest BCUT2D eigenvalue weighted by Crippen LogP contribution is 2.37. The molecule has 0 spiro atoms. The van der Waals surface area contributed by atoms with Crippen molar-refractivity contribution in [1.82, 2.24) is 0 Å². The van der Waals surface area contributed by atoms with Gasteiger partial charge in [0.2, 0.25) is 5.91 Å². The van der Waals surface area contributed by atoms with Gasteiger partial charge in [0, 0.05) is 22.3 Å². The fourth-order valence-corrected chi connectivity index (χ4v) is 4.11. The van der Waals surface area contributed by atoms with Gasteiger partial charge in [0.05, 0.1) is 23.8 Å².